The minimum atomic E-state index is -1.97. The minimum Gasteiger partial charge on any atom is -0.469 e. The van der Waals surface area contributed by atoms with Crippen molar-refractivity contribution in [3.05, 3.63) is 0 Å². The molecule has 3 atom stereocenters. The maximum Gasteiger partial charge on any atom is 0.314 e. The summed E-state index contributed by atoms with van der Waals surface area (Å²) in [5.74, 6) is -0.301. The van der Waals surface area contributed by atoms with Crippen molar-refractivity contribution in [2.24, 2.45) is 5.41 Å². The van der Waals surface area contributed by atoms with E-state index in [9.17, 15) is 9.90 Å². The van der Waals surface area contributed by atoms with E-state index in [1.807, 2.05) is 0 Å². The largest absolute Gasteiger partial charge is 0.469 e. The number of aliphatic hydroxyl groups excluding tert-OH is 1. The minimum absolute atomic E-state index is 0.0440. The van der Waals surface area contributed by atoms with Crippen LogP contribution in [-0.2, 0) is 14.0 Å². The average Bonchev–Trinajstić information content (AvgIpc) is 2.87. The van der Waals surface area contributed by atoms with Crippen LogP contribution in [0.2, 0.25) is 16.6 Å². The van der Waals surface area contributed by atoms with Gasteiger partial charge >= 0.3 is 5.97 Å². The molecular formula is C18H36O4Si. The highest BCUT2D eigenvalue weighted by molar-refractivity contribution is 6.77. The summed E-state index contributed by atoms with van der Waals surface area (Å²) in [5.41, 5.74) is 0.747. The summed E-state index contributed by atoms with van der Waals surface area (Å²) in [6, 6.07) is 0. The standard InChI is InChI=1S/C18H36O4Si/c1-12(2)23(13(3)4,14(5)6)22-16-9-10-18(11-16,15(7)19)17(20)21-8/h12-16,19H,9-11H2,1-8H3. The maximum atomic E-state index is 12.3. The molecular weight excluding hydrogens is 308 g/mol. The van der Waals surface area contributed by atoms with Crippen molar-refractivity contribution < 1.29 is 19.1 Å². The Morgan fingerprint density at radius 3 is 1.91 bits per heavy atom. The Balaban J connectivity index is 3.03. The molecule has 4 nitrogen and oxygen atoms in total. The number of hydrogen-bond acceptors (Lipinski definition) is 4. The van der Waals surface area contributed by atoms with Crippen LogP contribution in [0.4, 0.5) is 0 Å². The SMILES string of the molecule is COC(=O)C1(C(C)O)CCC(O[Si](C(C)C)(C(C)C)C(C)C)C1. The molecule has 3 unspecified atom stereocenters. The lowest BCUT2D eigenvalue weighted by Gasteiger charge is -2.44. The number of rotatable bonds is 7. The topological polar surface area (TPSA) is 55.8 Å². The summed E-state index contributed by atoms with van der Waals surface area (Å²) >= 11 is 0. The highest BCUT2D eigenvalue weighted by Crippen LogP contribution is 2.49. The summed E-state index contributed by atoms with van der Waals surface area (Å²) in [6.07, 6.45) is 1.36. The van der Waals surface area contributed by atoms with Crippen molar-refractivity contribution in [3.63, 3.8) is 0 Å². The molecule has 0 heterocycles. The molecule has 1 saturated carbocycles. The molecule has 0 aliphatic heterocycles. The van der Waals surface area contributed by atoms with Crippen LogP contribution in [0.1, 0.15) is 67.7 Å². The Hall–Kier alpha value is -0.393. The number of carbonyl (C=O) groups excluding carboxylic acids is 1. The molecule has 1 rings (SSSR count). The number of aliphatic hydroxyl groups is 1. The lowest BCUT2D eigenvalue weighted by atomic mass is 9.81. The lowest BCUT2D eigenvalue weighted by Crippen LogP contribution is -2.50. The quantitative estimate of drug-likeness (QED) is 0.553. The van der Waals surface area contributed by atoms with Crippen molar-refractivity contribution in [2.45, 2.75) is 96.6 Å². The van der Waals surface area contributed by atoms with Crippen LogP contribution < -0.4 is 0 Å². The third kappa shape index (κ3) is 3.66. The third-order valence-electron chi connectivity index (χ3n) is 5.97. The Morgan fingerprint density at radius 2 is 1.57 bits per heavy atom. The Kier molecular flexibility index (Phi) is 6.88. The van der Waals surface area contributed by atoms with Crippen molar-refractivity contribution >= 4 is 14.3 Å². The number of ether oxygens (including phenoxy) is 1. The zero-order valence-corrected chi connectivity index (χ0v) is 17.2. The highest BCUT2D eigenvalue weighted by atomic mass is 28.4. The lowest BCUT2D eigenvalue weighted by molar-refractivity contribution is -0.159. The second-order valence-corrected chi connectivity index (χ2v) is 13.5. The van der Waals surface area contributed by atoms with Gasteiger partial charge in [0.2, 0.25) is 8.32 Å². The molecule has 1 fully saturated rings. The van der Waals surface area contributed by atoms with E-state index in [1.54, 1.807) is 6.92 Å². The van der Waals surface area contributed by atoms with Crippen molar-refractivity contribution in [1.82, 2.24) is 0 Å². The zero-order chi connectivity index (χ0) is 18.0. The number of carbonyl (C=O) groups is 1. The number of esters is 1. The van der Waals surface area contributed by atoms with Crippen LogP contribution in [0.15, 0.2) is 0 Å². The van der Waals surface area contributed by atoms with Gasteiger partial charge in [-0.15, -0.1) is 0 Å². The van der Waals surface area contributed by atoms with E-state index in [-0.39, 0.29) is 12.1 Å². The van der Waals surface area contributed by atoms with E-state index < -0.39 is 19.8 Å². The molecule has 1 aliphatic rings. The number of hydrogen-bond donors (Lipinski definition) is 1. The average molecular weight is 345 g/mol. The van der Waals surface area contributed by atoms with Gasteiger partial charge in [0, 0.05) is 6.10 Å². The van der Waals surface area contributed by atoms with Crippen LogP contribution in [0.5, 0.6) is 0 Å². The fraction of sp³-hybridized carbons (Fsp3) is 0.944. The molecule has 0 amide bonds. The van der Waals surface area contributed by atoms with Gasteiger partial charge in [-0.2, -0.15) is 0 Å². The predicted molar refractivity (Wildman–Crippen MR) is 95.9 cm³/mol. The van der Waals surface area contributed by atoms with Gasteiger partial charge < -0.3 is 14.3 Å². The molecule has 0 aromatic carbocycles. The van der Waals surface area contributed by atoms with E-state index in [0.717, 1.165) is 6.42 Å². The predicted octanol–water partition coefficient (Wildman–Crippen LogP) is 4.27. The van der Waals surface area contributed by atoms with Gasteiger partial charge in [-0.25, -0.2) is 0 Å². The van der Waals surface area contributed by atoms with E-state index in [2.05, 4.69) is 41.5 Å². The van der Waals surface area contributed by atoms with E-state index in [1.165, 1.54) is 7.11 Å². The molecule has 0 aromatic heterocycles. The first-order chi connectivity index (χ1) is 10.5. The highest BCUT2D eigenvalue weighted by Gasteiger charge is 2.54. The van der Waals surface area contributed by atoms with Gasteiger partial charge in [0.1, 0.15) is 0 Å². The van der Waals surface area contributed by atoms with Gasteiger partial charge in [-0.05, 0) is 42.8 Å². The summed E-state index contributed by atoms with van der Waals surface area (Å²) in [6.45, 7) is 15.3. The van der Waals surface area contributed by atoms with Gasteiger partial charge in [-0.3, -0.25) is 4.79 Å². The summed E-state index contributed by atoms with van der Waals surface area (Å²) in [7, 11) is -0.570. The van der Waals surface area contributed by atoms with Crippen LogP contribution >= 0.6 is 0 Å². The van der Waals surface area contributed by atoms with Crippen LogP contribution in [-0.4, -0.2) is 38.7 Å². The summed E-state index contributed by atoms with van der Waals surface area (Å²) in [4.78, 5) is 12.3. The Labute approximate surface area is 143 Å². The first-order valence-electron chi connectivity index (χ1n) is 8.98. The van der Waals surface area contributed by atoms with Crippen LogP contribution in [0, 0.1) is 5.41 Å². The van der Waals surface area contributed by atoms with E-state index in [4.69, 9.17) is 9.16 Å². The number of methoxy groups -OCH3 is 1. The Morgan fingerprint density at radius 1 is 1.09 bits per heavy atom. The second-order valence-electron chi connectivity index (χ2n) is 8.12. The summed E-state index contributed by atoms with van der Waals surface area (Å²) in [5, 5.41) is 10.2. The van der Waals surface area contributed by atoms with Gasteiger partial charge in [0.05, 0.1) is 18.6 Å². The van der Waals surface area contributed by atoms with Gasteiger partial charge in [-0.1, -0.05) is 41.5 Å². The maximum absolute atomic E-state index is 12.3. The molecule has 0 radical (unpaired) electrons. The monoisotopic (exact) mass is 344 g/mol. The smallest absolute Gasteiger partial charge is 0.314 e. The third-order valence-corrected chi connectivity index (χ3v) is 12.1. The Bertz CT molecular complexity index is 384. The van der Waals surface area contributed by atoms with Crippen molar-refractivity contribution in [2.75, 3.05) is 7.11 Å². The first kappa shape index (κ1) is 20.7. The van der Waals surface area contributed by atoms with Crippen LogP contribution in [0.25, 0.3) is 0 Å². The molecule has 136 valence electrons. The second kappa shape index (κ2) is 7.66. The first-order valence-corrected chi connectivity index (χ1v) is 11.1. The van der Waals surface area contributed by atoms with Gasteiger partial charge in [0.15, 0.2) is 0 Å². The molecule has 1 N–H and O–H groups in total. The van der Waals surface area contributed by atoms with E-state index >= 15 is 0 Å². The molecule has 0 saturated heterocycles. The summed E-state index contributed by atoms with van der Waals surface area (Å²) < 4.78 is 11.8. The molecule has 0 spiro atoms. The van der Waals surface area contributed by atoms with E-state index in [0.29, 0.717) is 29.5 Å². The van der Waals surface area contributed by atoms with Crippen molar-refractivity contribution in [3.8, 4) is 0 Å². The molecule has 0 aromatic rings. The normalized spacial score (nSPS) is 27.0. The van der Waals surface area contributed by atoms with Gasteiger partial charge in [0.25, 0.3) is 0 Å². The fourth-order valence-electron chi connectivity index (χ4n) is 4.77. The van der Waals surface area contributed by atoms with Crippen LogP contribution in [0.3, 0.4) is 0 Å². The zero-order valence-electron chi connectivity index (χ0n) is 16.2. The molecule has 0 bridgehead atoms. The molecule has 1 aliphatic carbocycles. The molecule has 23 heavy (non-hydrogen) atoms. The fourth-order valence-corrected chi connectivity index (χ4v) is 10.4. The molecule has 5 heteroatoms. The van der Waals surface area contributed by atoms with Crippen molar-refractivity contribution in [1.29, 1.82) is 0 Å².